The first kappa shape index (κ1) is 16.9. The van der Waals surface area contributed by atoms with Crippen LogP contribution in [-0.4, -0.2) is 48.7 Å². The molecule has 0 amide bonds. The van der Waals surface area contributed by atoms with Gasteiger partial charge < -0.3 is 9.64 Å². The van der Waals surface area contributed by atoms with Crippen molar-refractivity contribution in [1.29, 1.82) is 0 Å². The highest BCUT2D eigenvalue weighted by Gasteiger charge is 2.24. The zero-order valence-corrected chi connectivity index (χ0v) is 15.0. The number of rotatable bonds is 4. The molecule has 24 heavy (non-hydrogen) atoms. The van der Waals surface area contributed by atoms with Gasteiger partial charge in [0.1, 0.15) is 6.10 Å². The number of aromatic nitrogens is 2. The number of nitrogens with zero attached hydrogens (tertiary/aromatic N) is 4. The van der Waals surface area contributed by atoms with Gasteiger partial charge in [0.05, 0.1) is 18.0 Å². The standard InChI is InChI=1S/C19H26N4O/c1-14-6-5-7-20-18(14)12-23-8-9-24-19(13-23)17-11-16(22(3)4)10-15(2)21-17/h5-7,10-11,19H,8-9,12-13H2,1-4H3. The molecule has 1 saturated heterocycles. The maximum atomic E-state index is 6.01. The predicted octanol–water partition coefficient (Wildman–Crippen LogP) is 2.73. The molecule has 1 aliphatic rings. The lowest BCUT2D eigenvalue weighted by atomic mass is 10.1. The topological polar surface area (TPSA) is 41.5 Å². The summed E-state index contributed by atoms with van der Waals surface area (Å²) in [7, 11) is 4.10. The van der Waals surface area contributed by atoms with Crippen molar-refractivity contribution in [2.45, 2.75) is 26.5 Å². The Kier molecular flexibility index (Phi) is 5.11. The smallest absolute Gasteiger partial charge is 0.112 e. The monoisotopic (exact) mass is 326 g/mol. The van der Waals surface area contributed by atoms with Crippen LogP contribution in [0.1, 0.15) is 28.7 Å². The molecule has 0 saturated carbocycles. The Morgan fingerprint density at radius 2 is 2.12 bits per heavy atom. The van der Waals surface area contributed by atoms with Crippen LogP contribution < -0.4 is 4.90 Å². The molecule has 128 valence electrons. The van der Waals surface area contributed by atoms with Crippen LogP contribution in [0.4, 0.5) is 5.69 Å². The number of aryl methyl sites for hydroxylation is 2. The van der Waals surface area contributed by atoms with Crippen molar-refractivity contribution in [3.8, 4) is 0 Å². The van der Waals surface area contributed by atoms with E-state index in [1.165, 1.54) is 11.3 Å². The molecule has 0 aliphatic carbocycles. The van der Waals surface area contributed by atoms with Crippen molar-refractivity contribution in [1.82, 2.24) is 14.9 Å². The molecule has 0 aromatic carbocycles. The highest BCUT2D eigenvalue weighted by atomic mass is 16.5. The maximum absolute atomic E-state index is 6.01. The Morgan fingerprint density at radius 1 is 1.29 bits per heavy atom. The molecule has 5 nitrogen and oxygen atoms in total. The van der Waals surface area contributed by atoms with Gasteiger partial charge in [-0.2, -0.15) is 0 Å². The molecular weight excluding hydrogens is 300 g/mol. The molecule has 2 aromatic rings. The second-order valence-electron chi connectivity index (χ2n) is 6.65. The first-order valence-electron chi connectivity index (χ1n) is 8.43. The van der Waals surface area contributed by atoms with E-state index < -0.39 is 0 Å². The number of ether oxygens (including phenoxy) is 1. The van der Waals surface area contributed by atoms with E-state index in [0.29, 0.717) is 0 Å². The molecule has 0 radical (unpaired) electrons. The van der Waals surface area contributed by atoms with Gasteiger partial charge in [0, 0.05) is 51.3 Å². The molecule has 5 heteroatoms. The molecule has 3 heterocycles. The normalized spacial score (nSPS) is 18.6. The van der Waals surface area contributed by atoms with Crippen molar-refractivity contribution < 1.29 is 4.74 Å². The van der Waals surface area contributed by atoms with Gasteiger partial charge >= 0.3 is 0 Å². The molecule has 1 unspecified atom stereocenters. The van der Waals surface area contributed by atoms with E-state index in [0.717, 1.165) is 43.3 Å². The van der Waals surface area contributed by atoms with Crippen LogP contribution in [-0.2, 0) is 11.3 Å². The van der Waals surface area contributed by atoms with E-state index in [9.17, 15) is 0 Å². The van der Waals surface area contributed by atoms with Crippen LogP contribution in [0.2, 0.25) is 0 Å². The molecule has 1 atom stereocenters. The van der Waals surface area contributed by atoms with E-state index >= 15 is 0 Å². The third kappa shape index (κ3) is 3.91. The fraction of sp³-hybridized carbons (Fsp3) is 0.474. The van der Waals surface area contributed by atoms with Crippen LogP contribution in [0.5, 0.6) is 0 Å². The number of morpholine rings is 1. The second-order valence-corrected chi connectivity index (χ2v) is 6.65. The average molecular weight is 326 g/mol. The quantitative estimate of drug-likeness (QED) is 0.864. The van der Waals surface area contributed by atoms with E-state index in [2.05, 4.69) is 54.0 Å². The Balaban J connectivity index is 1.75. The largest absolute Gasteiger partial charge is 0.378 e. The summed E-state index contributed by atoms with van der Waals surface area (Å²) in [5.41, 5.74) is 5.59. The van der Waals surface area contributed by atoms with E-state index in [1.54, 1.807) is 0 Å². The zero-order chi connectivity index (χ0) is 17.1. The minimum Gasteiger partial charge on any atom is -0.378 e. The van der Waals surface area contributed by atoms with Crippen LogP contribution >= 0.6 is 0 Å². The van der Waals surface area contributed by atoms with Crippen molar-refractivity contribution >= 4 is 5.69 Å². The molecule has 0 bridgehead atoms. The van der Waals surface area contributed by atoms with Crippen LogP contribution in [0.3, 0.4) is 0 Å². The Bertz CT molecular complexity index is 702. The SMILES string of the molecule is Cc1cc(N(C)C)cc(C2CN(Cc3ncccc3C)CCO2)n1. The molecule has 1 fully saturated rings. The fourth-order valence-electron chi connectivity index (χ4n) is 3.02. The van der Waals surface area contributed by atoms with Crippen molar-refractivity contribution in [3.05, 3.63) is 53.1 Å². The minimum atomic E-state index is 0.0152. The number of anilines is 1. The second kappa shape index (κ2) is 7.28. The van der Waals surface area contributed by atoms with E-state index in [4.69, 9.17) is 9.72 Å². The van der Waals surface area contributed by atoms with Crippen molar-refractivity contribution in [2.75, 3.05) is 38.7 Å². The zero-order valence-electron chi connectivity index (χ0n) is 15.0. The molecule has 1 aliphatic heterocycles. The third-order valence-corrected chi connectivity index (χ3v) is 4.45. The number of hydrogen-bond donors (Lipinski definition) is 0. The van der Waals surface area contributed by atoms with Gasteiger partial charge in [-0.05, 0) is 37.6 Å². The summed E-state index contributed by atoms with van der Waals surface area (Å²) >= 11 is 0. The van der Waals surface area contributed by atoms with E-state index in [1.807, 2.05) is 19.2 Å². The van der Waals surface area contributed by atoms with Gasteiger partial charge in [-0.15, -0.1) is 0 Å². The summed E-state index contributed by atoms with van der Waals surface area (Å²) < 4.78 is 6.01. The lowest BCUT2D eigenvalue weighted by Gasteiger charge is -2.33. The first-order valence-corrected chi connectivity index (χ1v) is 8.43. The number of pyridine rings is 2. The summed E-state index contributed by atoms with van der Waals surface area (Å²) in [4.78, 5) is 13.7. The molecule has 3 rings (SSSR count). The van der Waals surface area contributed by atoms with Gasteiger partial charge in [0.15, 0.2) is 0 Å². The summed E-state index contributed by atoms with van der Waals surface area (Å²) in [5.74, 6) is 0. The summed E-state index contributed by atoms with van der Waals surface area (Å²) in [5, 5.41) is 0. The van der Waals surface area contributed by atoms with E-state index in [-0.39, 0.29) is 6.10 Å². The number of hydrogen-bond acceptors (Lipinski definition) is 5. The maximum Gasteiger partial charge on any atom is 0.112 e. The first-order chi connectivity index (χ1) is 11.5. The Hall–Kier alpha value is -1.98. The third-order valence-electron chi connectivity index (χ3n) is 4.45. The fourth-order valence-corrected chi connectivity index (χ4v) is 3.02. The van der Waals surface area contributed by atoms with Crippen LogP contribution in [0.25, 0.3) is 0 Å². The lowest BCUT2D eigenvalue weighted by Crippen LogP contribution is -2.38. The molecular formula is C19H26N4O. The highest BCUT2D eigenvalue weighted by Crippen LogP contribution is 2.25. The van der Waals surface area contributed by atoms with Gasteiger partial charge in [-0.1, -0.05) is 6.07 Å². The van der Waals surface area contributed by atoms with Crippen molar-refractivity contribution in [2.24, 2.45) is 0 Å². The predicted molar refractivity (Wildman–Crippen MR) is 96.2 cm³/mol. The highest BCUT2D eigenvalue weighted by molar-refractivity contribution is 5.47. The summed E-state index contributed by atoms with van der Waals surface area (Å²) in [6, 6.07) is 8.33. The average Bonchev–Trinajstić information content (AvgIpc) is 2.57. The Morgan fingerprint density at radius 3 is 2.88 bits per heavy atom. The van der Waals surface area contributed by atoms with Gasteiger partial charge in [0.2, 0.25) is 0 Å². The summed E-state index contributed by atoms with van der Waals surface area (Å²) in [6.45, 7) is 7.51. The van der Waals surface area contributed by atoms with Gasteiger partial charge in [-0.3, -0.25) is 14.9 Å². The van der Waals surface area contributed by atoms with Crippen molar-refractivity contribution in [3.63, 3.8) is 0 Å². The molecule has 0 N–H and O–H groups in total. The molecule has 0 spiro atoms. The minimum absolute atomic E-state index is 0.0152. The Labute approximate surface area is 144 Å². The lowest BCUT2D eigenvalue weighted by molar-refractivity contribution is -0.0354. The summed E-state index contributed by atoms with van der Waals surface area (Å²) in [6.07, 6.45) is 1.88. The van der Waals surface area contributed by atoms with Gasteiger partial charge in [0.25, 0.3) is 0 Å². The van der Waals surface area contributed by atoms with Crippen LogP contribution in [0.15, 0.2) is 30.5 Å². The van der Waals surface area contributed by atoms with Crippen LogP contribution in [0, 0.1) is 13.8 Å². The molecule has 2 aromatic heterocycles. The van der Waals surface area contributed by atoms with Gasteiger partial charge in [-0.25, -0.2) is 0 Å².